The average molecular weight is 389 g/mol. The summed E-state index contributed by atoms with van der Waals surface area (Å²) in [6.45, 7) is 3.58. The third-order valence-corrected chi connectivity index (χ3v) is 7.61. The smallest absolute Gasteiger partial charge is 0.212 e. The van der Waals surface area contributed by atoms with Crippen molar-refractivity contribution in [3.63, 3.8) is 0 Å². The lowest BCUT2D eigenvalue weighted by atomic mass is 9.44. The van der Waals surface area contributed by atoms with Crippen LogP contribution in [-0.2, 0) is 15.6 Å². The summed E-state index contributed by atoms with van der Waals surface area (Å²) < 4.78 is 29.4. The van der Waals surface area contributed by atoms with Crippen LogP contribution in [0.3, 0.4) is 0 Å². The number of nitrogens with one attached hydrogen (secondary N) is 2. The van der Waals surface area contributed by atoms with Crippen LogP contribution >= 0.6 is 0 Å². The van der Waals surface area contributed by atoms with Crippen molar-refractivity contribution in [2.75, 3.05) is 5.75 Å². The first-order valence-corrected chi connectivity index (χ1v) is 11.0. The van der Waals surface area contributed by atoms with Crippen molar-refractivity contribution in [2.24, 2.45) is 0 Å². The number of aliphatic hydroxyl groups excluding tert-OH is 1. The molecule has 27 heavy (non-hydrogen) atoms. The van der Waals surface area contributed by atoms with Gasteiger partial charge in [0.25, 0.3) is 0 Å². The summed E-state index contributed by atoms with van der Waals surface area (Å²) in [5.41, 5.74) is 1.96. The van der Waals surface area contributed by atoms with E-state index in [0.717, 1.165) is 41.3 Å². The van der Waals surface area contributed by atoms with E-state index in [1.807, 2.05) is 19.2 Å². The van der Waals surface area contributed by atoms with Crippen molar-refractivity contribution in [3.05, 3.63) is 24.3 Å². The van der Waals surface area contributed by atoms with Crippen LogP contribution in [0.4, 0.5) is 0 Å². The molecular weight excluding hydrogens is 366 g/mol. The highest BCUT2D eigenvalue weighted by atomic mass is 32.2. The maximum absolute atomic E-state index is 12.2. The lowest BCUT2D eigenvalue weighted by Crippen LogP contribution is -2.78. The van der Waals surface area contributed by atoms with Crippen molar-refractivity contribution in [1.29, 1.82) is 0 Å². The Morgan fingerprint density at radius 1 is 1.41 bits per heavy atom. The third-order valence-electron chi connectivity index (χ3n) is 5.92. The third kappa shape index (κ3) is 2.31. The number of H-pyrrole nitrogens is 1. The Balaban J connectivity index is 1.57. The quantitative estimate of drug-likeness (QED) is 0.596. The second-order valence-corrected chi connectivity index (χ2v) is 10.0. The standard InChI is InChI=1S/C18H23N5O3S/c1-3-6-27(25,26)22-17-8-18(9-17,10-17)23-14-12-4-5-19-15(12)20-7-13(14)21-16(23)11(2)24/h4-5,7,11,22,24H,3,6,8-10H2,1-2H3,(H,19,20)/t11-,17?,18?/m1/s1. The highest BCUT2D eigenvalue weighted by molar-refractivity contribution is 7.89. The first-order valence-electron chi connectivity index (χ1n) is 9.33. The Hall–Kier alpha value is -1.97. The van der Waals surface area contributed by atoms with E-state index in [4.69, 9.17) is 0 Å². The fourth-order valence-electron chi connectivity index (χ4n) is 5.08. The minimum absolute atomic E-state index is 0.157. The number of hydrogen-bond donors (Lipinski definition) is 3. The number of aromatic amines is 1. The second-order valence-electron chi connectivity index (χ2n) is 8.17. The average Bonchev–Trinajstić information content (AvgIpc) is 3.13. The molecule has 3 aliphatic carbocycles. The van der Waals surface area contributed by atoms with Gasteiger partial charge in [0, 0.05) is 17.1 Å². The topological polar surface area (TPSA) is 113 Å². The molecule has 3 saturated carbocycles. The minimum Gasteiger partial charge on any atom is -0.385 e. The largest absolute Gasteiger partial charge is 0.385 e. The lowest BCUT2D eigenvalue weighted by molar-refractivity contribution is -0.126. The number of nitrogens with zero attached hydrogens (tertiary/aromatic N) is 3. The predicted molar refractivity (Wildman–Crippen MR) is 102 cm³/mol. The van der Waals surface area contributed by atoms with E-state index < -0.39 is 16.1 Å². The van der Waals surface area contributed by atoms with Gasteiger partial charge in [-0.25, -0.2) is 23.1 Å². The summed E-state index contributed by atoms with van der Waals surface area (Å²) in [5.74, 6) is 0.773. The van der Waals surface area contributed by atoms with Crippen LogP contribution in [0.15, 0.2) is 18.5 Å². The van der Waals surface area contributed by atoms with E-state index in [2.05, 4.69) is 24.2 Å². The van der Waals surface area contributed by atoms with E-state index in [1.165, 1.54) is 0 Å². The minimum atomic E-state index is -3.24. The van der Waals surface area contributed by atoms with Crippen LogP contribution in [0, 0.1) is 0 Å². The molecule has 144 valence electrons. The van der Waals surface area contributed by atoms with Crippen LogP contribution in [0.25, 0.3) is 22.1 Å². The molecule has 0 saturated heterocycles. The highest BCUT2D eigenvalue weighted by Crippen LogP contribution is 2.66. The number of hydrogen-bond acceptors (Lipinski definition) is 5. The van der Waals surface area contributed by atoms with Crippen molar-refractivity contribution in [1.82, 2.24) is 24.2 Å². The Morgan fingerprint density at radius 2 is 2.15 bits per heavy atom. The first kappa shape index (κ1) is 17.2. The monoisotopic (exact) mass is 389 g/mol. The molecule has 3 N–H and O–H groups in total. The maximum atomic E-state index is 12.2. The van der Waals surface area contributed by atoms with Crippen LogP contribution in [0.1, 0.15) is 51.5 Å². The Kier molecular flexibility index (Phi) is 3.37. The fraction of sp³-hybridized carbons (Fsp3) is 0.556. The van der Waals surface area contributed by atoms with Gasteiger partial charge in [-0.3, -0.25) is 0 Å². The van der Waals surface area contributed by atoms with Gasteiger partial charge in [0.05, 0.1) is 23.0 Å². The normalized spacial score (nSPS) is 28.3. The number of pyridine rings is 1. The summed E-state index contributed by atoms with van der Waals surface area (Å²) in [4.78, 5) is 12.2. The van der Waals surface area contributed by atoms with Gasteiger partial charge < -0.3 is 14.7 Å². The Morgan fingerprint density at radius 3 is 2.81 bits per heavy atom. The van der Waals surface area contributed by atoms with Crippen LogP contribution in [0.2, 0.25) is 0 Å². The van der Waals surface area contributed by atoms with Gasteiger partial charge in [0.2, 0.25) is 10.0 Å². The van der Waals surface area contributed by atoms with E-state index in [9.17, 15) is 13.5 Å². The molecule has 0 spiro atoms. The van der Waals surface area contributed by atoms with Gasteiger partial charge in [-0.1, -0.05) is 6.92 Å². The van der Waals surface area contributed by atoms with E-state index in [-0.39, 0.29) is 16.8 Å². The molecule has 0 unspecified atom stereocenters. The number of imidazole rings is 1. The van der Waals surface area contributed by atoms with Crippen LogP contribution in [-0.4, -0.2) is 44.3 Å². The van der Waals surface area contributed by atoms with Gasteiger partial charge in [-0.15, -0.1) is 0 Å². The molecule has 0 amide bonds. The van der Waals surface area contributed by atoms with E-state index >= 15 is 0 Å². The first-order chi connectivity index (χ1) is 12.8. The van der Waals surface area contributed by atoms with Gasteiger partial charge in [0.15, 0.2) is 0 Å². The number of sulfonamides is 1. The van der Waals surface area contributed by atoms with Gasteiger partial charge >= 0.3 is 0 Å². The van der Waals surface area contributed by atoms with Crippen molar-refractivity contribution in [3.8, 4) is 0 Å². The number of rotatable bonds is 6. The summed E-state index contributed by atoms with van der Waals surface area (Å²) in [5, 5.41) is 11.3. The lowest BCUT2D eigenvalue weighted by Gasteiger charge is -2.70. The fourth-order valence-corrected chi connectivity index (χ4v) is 6.59. The molecule has 9 heteroatoms. The summed E-state index contributed by atoms with van der Waals surface area (Å²) >= 11 is 0. The molecule has 0 aromatic carbocycles. The Labute approximate surface area is 157 Å². The Bertz CT molecular complexity index is 1140. The molecule has 2 bridgehead atoms. The molecular formula is C18H23N5O3S. The molecule has 3 aromatic rings. The molecule has 6 rings (SSSR count). The van der Waals surface area contributed by atoms with E-state index in [1.54, 1.807) is 13.1 Å². The van der Waals surface area contributed by atoms with Crippen molar-refractivity contribution < 1.29 is 13.5 Å². The summed E-state index contributed by atoms with van der Waals surface area (Å²) in [7, 11) is -3.24. The predicted octanol–water partition coefficient (Wildman–Crippen LogP) is 1.93. The molecule has 8 nitrogen and oxygen atoms in total. The molecule has 3 aromatic heterocycles. The number of fused-ring (bicyclic) bond motifs is 3. The highest BCUT2D eigenvalue weighted by Gasteiger charge is 2.71. The molecule has 3 fully saturated rings. The zero-order valence-corrected chi connectivity index (χ0v) is 16.2. The molecule has 0 aliphatic heterocycles. The van der Waals surface area contributed by atoms with Gasteiger partial charge in [-0.2, -0.15) is 0 Å². The van der Waals surface area contributed by atoms with Crippen molar-refractivity contribution in [2.45, 2.75) is 56.7 Å². The maximum Gasteiger partial charge on any atom is 0.212 e. The van der Waals surface area contributed by atoms with Crippen LogP contribution < -0.4 is 4.72 Å². The SMILES string of the molecule is CCCS(=O)(=O)NC12CC(n3c([C@@H](C)O)nc4cnc5[nH]ccc5c43)(C1)C2. The van der Waals surface area contributed by atoms with Crippen molar-refractivity contribution >= 4 is 32.1 Å². The molecule has 3 heterocycles. The van der Waals surface area contributed by atoms with Gasteiger partial charge in [-0.05, 0) is 38.7 Å². The number of aromatic nitrogens is 4. The molecule has 3 aliphatic rings. The second kappa shape index (κ2) is 5.30. The zero-order chi connectivity index (χ0) is 19.0. The number of aliphatic hydroxyl groups is 1. The van der Waals surface area contributed by atoms with Gasteiger partial charge in [0.1, 0.15) is 23.1 Å². The van der Waals surface area contributed by atoms with E-state index in [0.29, 0.717) is 12.2 Å². The van der Waals surface area contributed by atoms with Crippen LogP contribution in [0.5, 0.6) is 0 Å². The summed E-state index contributed by atoms with van der Waals surface area (Å²) in [6, 6.07) is 1.97. The summed E-state index contributed by atoms with van der Waals surface area (Å²) in [6.07, 6.45) is 5.63. The zero-order valence-electron chi connectivity index (χ0n) is 15.4. The molecule has 1 atom stereocenters. The molecule has 0 radical (unpaired) electrons.